The summed E-state index contributed by atoms with van der Waals surface area (Å²) in [6.45, 7) is 4.87. The number of hydrogen-bond donors (Lipinski definition) is 1. The van der Waals surface area contributed by atoms with Gasteiger partial charge in [0.05, 0.1) is 0 Å². The second-order valence-corrected chi connectivity index (χ2v) is 5.12. The van der Waals surface area contributed by atoms with E-state index < -0.39 is 0 Å². The summed E-state index contributed by atoms with van der Waals surface area (Å²) in [5.41, 5.74) is 3.44. The minimum Gasteiger partial charge on any atom is -0.457 e. The van der Waals surface area contributed by atoms with Crippen LogP contribution in [0.25, 0.3) is 0 Å². The molecule has 3 heteroatoms. The minimum atomic E-state index is 0.719. The van der Waals surface area contributed by atoms with Crippen LogP contribution in [0.15, 0.2) is 36.4 Å². The van der Waals surface area contributed by atoms with Gasteiger partial charge in [-0.05, 0) is 61.9 Å². The van der Waals surface area contributed by atoms with E-state index in [0.717, 1.165) is 28.6 Å². The van der Waals surface area contributed by atoms with Crippen molar-refractivity contribution in [3.63, 3.8) is 0 Å². The second-order valence-electron chi connectivity index (χ2n) is 4.71. The summed E-state index contributed by atoms with van der Waals surface area (Å²) in [5, 5.41) is 3.80. The van der Waals surface area contributed by atoms with E-state index in [0.29, 0.717) is 0 Å². The van der Waals surface area contributed by atoms with Crippen molar-refractivity contribution in [3.05, 3.63) is 58.1 Å². The third-order valence-corrected chi connectivity index (χ3v) is 3.17. The van der Waals surface area contributed by atoms with Gasteiger partial charge in [-0.25, -0.2) is 0 Å². The molecule has 0 aliphatic carbocycles. The van der Waals surface area contributed by atoms with E-state index in [1.54, 1.807) is 0 Å². The molecule has 0 unspecified atom stereocenters. The maximum atomic E-state index is 6.22. The first-order chi connectivity index (χ1) is 9.08. The Morgan fingerprint density at radius 2 is 1.68 bits per heavy atom. The van der Waals surface area contributed by atoms with Gasteiger partial charge < -0.3 is 10.1 Å². The lowest BCUT2D eigenvalue weighted by molar-refractivity contribution is 0.481. The van der Waals surface area contributed by atoms with E-state index in [4.69, 9.17) is 16.3 Å². The van der Waals surface area contributed by atoms with Gasteiger partial charge in [0.25, 0.3) is 0 Å². The van der Waals surface area contributed by atoms with E-state index in [2.05, 4.69) is 25.2 Å². The van der Waals surface area contributed by atoms with Gasteiger partial charge in [-0.1, -0.05) is 23.7 Å². The lowest BCUT2D eigenvalue weighted by atomic mass is 10.1. The summed E-state index contributed by atoms with van der Waals surface area (Å²) in [5.74, 6) is 1.60. The van der Waals surface area contributed by atoms with Crippen LogP contribution >= 0.6 is 11.6 Å². The van der Waals surface area contributed by atoms with Crippen molar-refractivity contribution in [2.75, 3.05) is 7.05 Å². The summed E-state index contributed by atoms with van der Waals surface area (Å²) < 4.78 is 5.85. The van der Waals surface area contributed by atoms with E-state index in [9.17, 15) is 0 Å². The Kier molecular flexibility index (Phi) is 4.46. The van der Waals surface area contributed by atoms with E-state index in [-0.39, 0.29) is 0 Å². The molecular weight excluding hydrogens is 258 g/mol. The van der Waals surface area contributed by atoms with Gasteiger partial charge in [0.2, 0.25) is 0 Å². The predicted octanol–water partition coefficient (Wildman–Crippen LogP) is 4.47. The number of ether oxygens (including phenoxy) is 1. The minimum absolute atomic E-state index is 0.719. The van der Waals surface area contributed by atoms with Crippen LogP contribution < -0.4 is 10.1 Å². The van der Waals surface area contributed by atoms with Crippen molar-refractivity contribution >= 4 is 11.6 Å². The van der Waals surface area contributed by atoms with Crippen LogP contribution in [0.1, 0.15) is 16.7 Å². The van der Waals surface area contributed by atoms with Crippen LogP contribution in [0.4, 0.5) is 0 Å². The van der Waals surface area contributed by atoms with Crippen molar-refractivity contribution in [1.82, 2.24) is 5.32 Å². The van der Waals surface area contributed by atoms with Crippen LogP contribution in [0.3, 0.4) is 0 Å². The fourth-order valence-corrected chi connectivity index (χ4v) is 2.29. The largest absolute Gasteiger partial charge is 0.457 e. The van der Waals surface area contributed by atoms with Crippen LogP contribution in [-0.2, 0) is 6.54 Å². The molecule has 0 aromatic heterocycles. The summed E-state index contributed by atoms with van der Waals surface area (Å²) in [7, 11) is 1.90. The van der Waals surface area contributed by atoms with Crippen molar-refractivity contribution in [3.8, 4) is 11.5 Å². The van der Waals surface area contributed by atoms with Crippen LogP contribution in [0, 0.1) is 13.8 Å². The molecule has 1 N–H and O–H groups in total. The van der Waals surface area contributed by atoms with Crippen molar-refractivity contribution in [2.45, 2.75) is 20.4 Å². The highest BCUT2D eigenvalue weighted by molar-refractivity contribution is 6.31. The monoisotopic (exact) mass is 275 g/mol. The molecular formula is C16H18ClNO. The van der Waals surface area contributed by atoms with E-state index in [1.165, 1.54) is 11.1 Å². The smallest absolute Gasteiger partial charge is 0.128 e. The fourth-order valence-electron chi connectivity index (χ4n) is 2.05. The van der Waals surface area contributed by atoms with Crippen LogP contribution in [0.5, 0.6) is 11.5 Å². The predicted molar refractivity (Wildman–Crippen MR) is 80.2 cm³/mol. The Balaban J connectivity index is 2.21. The number of nitrogens with one attached hydrogen (secondary N) is 1. The number of aryl methyl sites for hydroxylation is 2. The van der Waals surface area contributed by atoms with Gasteiger partial charge in [0.15, 0.2) is 0 Å². The van der Waals surface area contributed by atoms with Gasteiger partial charge >= 0.3 is 0 Å². The summed E-state index contributed by atoms with van der Waals surface area (Å²) in [4.78, 5) is 0. The Morgan fingerprint density at radius 1 is 1.00 bits per heavy atom. The zero-order chi connectivity index (χ0) is 13.8. The summed E-state index contributed by atoms with van der Waals surface area (Å²) in [6, 6.07) is 11.9. The van der Waals surface area contributed by atoms with E-state index in [1.807, 2.05) is 37.4 Å². The first-order valence-electron chi connectivity index (χ1n) is 6.27. The molecule has 0 radical (unpaired) electrons. The number of halogens is 1. The molecule has 0 saturated heterocycles. The molecule has 100 valence electrons. The number of hydrogen-bond acceptors (Lipinski definition) is 2. The van der Waals surface area contributed by atoms with Crippen LogP contribution in [-0.4, -0.2) is 7.05 Å². The quantitative estimate of drug-likeness (QED) is 0.889. The number of benzene rings is 2. The highest BCUT2D eigenvalue weighted by Crippen LogP contribution is 2.28. The third-order valence-electron chi connectivity index (χ3n) is 2.82. The molecule has 0 fully saturated rings. The molecule has 0 atom stereocenters. The molecule has 0 bridgehead atoms. The molecule has 2 aromatic rings. The molecule has 2 aromatic carbocycles. The fraction of sp³-hybridized carbons (Fsp3) is 0.250. The average Bonchev–Trinajstić information content (AvgIpc) is 2.31. The zero-order valence-electron chi connectivity index (χ0n) is 11.5. The molecule has 0 heterocycles. The average molecular weight is 276 g/mol. The Labute approximate surface area is 119 Å². The highest BCUT2D eigenvalue weighted by Gasteiger charge is 2.04. The Morgan fingerprint density at radius 3 is 2.26 bits per heavy atom. The maximum Gasteiger partial charge on any atom is 0.128 e. The third kappa shape index (κ3) is 3.72. The topological polar surface area (TPSA) is 21.3 Å². The van der Waals surface area contributed by atoms with E-state index >= 15 is 0 Å². The van der Waals surface area contributed by atoms with Gasteiger partial charge in [-0.3, -0.25) is 0 Å². The molecule has 0 amide bonds. The summed E-state index contributed by atoms with van der Waals surface area (Å²) in [6.07, 6.45) is 0. The first kappa shape index (κ1) is 13.9. The van der Waals surface area contributed by atoms with Crippen LogP contribution in [0.2, 0.25) is 5.02 Å². The standard InChI is InChI=1S/C16H18ClNO/c1-11-6-12(2)8-15(7-11)19-14-5-4-13(10-18-3)16(17)9-14/h4-9,18H,10H2,1-3H3. The number of rotatable bonds is 4. The zero-order valence-corrected chi connectivity index (χ0v) is 12.2. The maximum absolute atomic E-state index is 6.22. The first-order valence-corrected chi connectivity index (χ1v) is 6.65. The Hall–Kier alpha value is -1.51. The normalized spacial score (nSPS) is 10.5. The molecule has 2 rings (SSSR count). The molecule has 2 nitrogen and oxygen atoms in total. The molecule has 19 heavy (non-hydrogen) atoms. The Bertz CT molecular complexity index is 561. The van der Waals surface area contributed by atoms with Crippen molar-refractivity contribution in [2.24, 2.45) is 0 Å². The lowest BCUT2D eigenvalue weighted by Gasteiger charge is -2.10. The highest BCUT2D eigenvalue weighted by atomic mass is 35.5. The van der Waals surface area contributed by atoms with Gasteiger partial charge in [0, 0.05) is 11.6 Å². The van der Waals surface area contributed by atoms with Gasteiger partial charge in [-0.2, -0.15) is 0 Å². The SMILES string of the molecule is CNCc1ccc(Oc2cc(C)cc(C)c2)cc1Cl. The second kappa shape index (κ2) is 6.09. The van der Waals surface area contributed by atoms with Crippen molar-refractivity contribution < 1.29 is 4.74 Å². The van der Waals surface area contributed by atoms with Crippen molar-refractivity contribution in [1.29, 1.82) is 0 Å². The lowest BCUT2D eigenvalue weighted by Crippen LogP contribution is -2.05. The molecule has 0 aliphatic heterocycles. The van der Waals surface area contributed by atoms with Gasteiger partial charge in [-0.15, -0.1) is 0 Å². The molecule has 0 spiro atoms. The molecule has 0 saturated carbocycles. The summed E-state index contributed by atoms with van der Waals surface area (Å²) >= 11 is 6.22. The van der Waals surface area contributed by atoms with Gasteiger partial charge in [0.1, 0.15) is 11.5 Å². The molecule has 0 aliphatic rings.